The van der Waals surface area contributed by atoms with Crippen LogP contribution in [0.4, 0.5) is 0 Å². The average molecular weight is 422 g/mol. The summed E-state index contributed by atoms with van der Waals surface area (Å²) in [6.45, 7) is 7.56. The molecule has 1 saturated heterocycles. The van der Waals surface area contributed by atoms with E-state index in [0.29, 0.717) is 28.4 Å². The van der Waals surface area contributed by atoms with Gasteiger partial charge in [-0.15, -0.1) is 0 Å². The van der Waals surface area contributed by atoms with Gasteiger partial charge in [0, 0.05) is 29.7 Å². The van der Waals surface area contributed by atoms with Gasteiger partial charge in [-0.25, -0.2) is 0 Å². The highest BCUT2D eigenvalue weighted by atomic mass is 35.5. The number of likely N-dealkylation sites (tertiary alicyclic amines) is 1. The van der Waals surface area contributed by atoms with Crippen molar-refractivity contribution in [3.8, 4) is 0 Å². The van der Waals surface area contributed by atoms with Gasteiger partial charge in [0.2, 0.25) is 0 Å². The number of ether oxygens (including phenoxy) is 1. The van der Waals surface area contributed by atoms with Crippen LogP contribution in [-0.4, -0.2) is 42.4 Å². The molecule has 1 aliphatic rings. The van der Waals surface area contributed by atoms with Gasteiger partial charge in [-0.2, -0.15) is 0 Å². The number of β-amino-alcohol motifs (C(OH)–C–C–N with tert-alkyl or cyclic N) is 1. The summed E-state index contributed by atoms with van der Waals surface area (Å²) >= 11 is 12.1. The Balaban J connectivity index is 1.65. The lowest BCUT2D eigenvalue weighted by Crippen LogP contribution is -2.43. The van der Waals surface area contributed by atoms with Crippen LogP contribution in [0, 0.1) is 11.8 Å². The Bertz CT molecular complexity index is 680. The minimum atomic E-state index is -0.528. The van der Waals surface area contributed by atoms with Gasteiger partial charge in [0.25, 0.3) is 0 Å². The monoisotopic (exact) mass is 421 g/mol. The molecule has 1 N–H and O–H groups in total. The molecule has 0 unspecified atom stereocenters. The van der Waals surface area contributed by atoms with Crippen molar-refractivity contribution >= 4 is 23.2 Å². The Morgan fingerprint density at radius 3 is 1.86 bits per heavy atom. The maximum atomic E-state index is 10.6. The lowest BCUT2D eigenvalue weighted by molar-refractivity contribution is -0.0163. The number of hydrogen-bond acceptors (Lipinski definition) is 3. The molecule has 3 rings (SSSR count). The maximum absolute atomic E-state index is 10.6. The third kappa shape index (κ3) is 6.20. The van der Waals surface area contributed by atoms with Crippen LogP contribution >= 0.6 is 23.2 Å². The summed E-state index contributed by atoms with van der Waals surface area (Å²) < 4.78 is 6.19. The Kier molecular flexibility index (Phi) is 7.78. The highest BCUT2D eigenvalue weighted by molar-refractivity contribution is 6.30. The van der Waals surface area contributed by atoms with E-state index >= 15 is 0 Å². The van der Waals surface area contributed by atoms with Crippen molar-refractivity contribution in [3.05, 3.63) is 69.7 Å². The normalized spacial score (nSPS) is 21.8. The molecule has 1 fully saturated rings. The molecule has 3 nitrogen and oxygen atoms in total. The van der Waals surface area contributed by atoms with Crippen molar-refractivity contribution in [2.24, 2.45) is 11.8 Å². The largest absolute Gasteiger partial charge is 0.389 e. The molecule has 152 valence electrons. The smallest absolute Gasteiger partial charge is 0.108 e. The van der Waals surface area contributed by atoms with Crippen molar-refractivity contribution in [3.63, 3.8) is 0 Å². The third-order valence-corrected chi connectivity index (χ3v) is 5.72. The van der Waals surface area contributed by atoms with E-state index in [1.54, 1.807) is 0 Å². The number of piperidine rings is 1. The predicted molar refractivity (Wildman–Crippen MR) is 116 cm³/mol. The summed E-state index contributed by atoms with van der Waals surface area (Å²) in [5.41, 5.74) is 2.00. The summed E-state index contributed by atoms with van der Waals surface area (Å²) in [6.07, 6.45) is 0.459. The molecule has 0 bridgehead atoms. The summed E-state index contributed by atoms with van der Waals surface area (Å²) in [5, 5.41) is 12.0. The quantitative estimate of drug-likeness (QED) is 0.645. The first kappa shape index (κ1) is 21.6. The van der Waals surface area contributed by atoms with E-state index in [0.717, 1.165) is 24.2 Å². The molecular formula is C23H29Cl2NO2. The molecule has 1 heterocycles. The minimum Gasteiger partial charge on any atom is -0.389 e. The first-order valence-electron chi connectivity index (χ1n) is 9.93. The van der Waals surface area contributed by atoms with Crippen LogP contribution in [0.15, 0.2) is 48.5 Å². The predicted octanol–water partition coefficient (Wildman–Crippen LogP) is 5.44. The van der Waals surface area contributed by atoms with Crippen LogP contribution in [0.5, 0.6) is 0 Å². The lowest BCUT2D eigenvalue weighted by Gasteiger charge is -2.36. The van der Waals surface area contributed by atoms with Gasteiger partial charge in [0.05, 0.1) is 12.7 Å². The number of aliphatic hydroxyl groups excluding tert-OH is 1. The van der Waals surface area contributed by atoms with Crippen LogP contribution in [-0.2, 0) is 4.74 Å². The molecule has 3 atom stereocenters. The van der Waals surface area contributed by atoms with Gasteiger partial charge in [0.15, 0.2) is 0 Å². The molecule has 0 aliphatic carbocycles. The van der Waals surface area contributed by atoms with Gasteiger partial charge >= 0.3 is 0 Å². The van der Waals surface area contributed by atoms with Crippen molar-refractivity contribution in [1.29, 1.82) is 0 Å². The Labute approximate surface area is 178 Å². The van der Waals surface area contributed by atoms with Gasteiger partial charge < -0.3 is 14.7 Å². The van der Waals surface area contributed by atoms with Crippen LogP contribution in [0.1, 0.15) is 37.5 Å². The zero-order chi connectivity index (χ0) is 20.1. The molecule has 5 heteroatoms. The molecule has 2 aromatic carbocycles. The topological polar surface area (TPSA) is 32.7 Å². The first-order chi connectivity index (χ1) is 13.4. The summed E-state index contributed by atoms with van der Waals surface area (Å²) in [7, 11) is 0. The molecule has 0 saturated carbocycles. The molecular weight excluding hydrogens is 393 g/mol. The number of nitrogens with zero attached hydrogens (tertiary/aromatic N) is 1. The molecule has 2 aromatic rings. The highest BCUT2D eigenvalue weighted by Crippen LogP contribution is 2.28. The second-order valence-corrected chi connectivity index (χ2v) is 9.01. The standard InChI is InChI=1S/C23H29Cl2NO2/c1-16-11-17(2)13-26(12-16)14-22(27)15-28-23(18-3-7-20(24)8-4-18)19-5-9-21(25)10-6-19/h3-10,16-17,22-23,27H,11-15H2,1-2H3/t16-,17+,22-/m1/s1. The molecule has 0 amide bonds. The fourth-order valence-electron chi connectivity index (χ4n) is 4.16. The Hall–Kier alpha value is -1.10. The maximum Gasteiger partial charge on any atom is 0.108 e. The van der Waals surface area contributed by atoms with Crippen LogP contribution in [0.3, 0.4) is 0 Å². The summed E-state index contributed by atoms with van der Waals surface area (Å²) in [6, 6.07) is 15.3. The minimum absolute atomic E-state index is 0.273. The zero-order valence-electron chi connectivity index (χ0n) is 16.5. The number of benzene rings is 2. The van der Waals surface area contributed by atoms with E-state index < -0.39 is 6.10 Å². The van der Waals surface area contributed by atoms with E-state index in [1.165, 1.54) is 6.42 Å². The SMILES string of the molecule is C[C@@H]1C[C@H](C)CN(C[C@@H](O)COC(c2ccc(Cl)cc2)c2ccc(Cl)cc2)C1. The van der Waals surface area contributed by atoms with Crippen molar-refractivity contribution in [2.45, 2.75) is 32.5 Å². The van der Waals surface area contributed by atoms with E-state index in [-0.39, 0.29) is 12.7 Å². The third-order valence-electron chi connectivity index (χ3n) is 5.21. The van der Waals surface area contributed by atoms with Crippen molar-refractivity contribution in [1.82, 2.24) is 4.90 Å². The second-order valence-electron chi connectivity index (χ2n) is 8.13. The van der Waals surface area contributed by atoms with Crippen molar-refractivity contribution < 1.29 is 9.84 Å². The molecule has 0 radical (unpaired) electrons. The average Bonchev–Trinajstić information content (AvgIpc) is 2.64. The van der Waals surface area contributed by atoms with E-state index in [2.05, 4.69) is 18.7 Å². The number of aliphatic hydroxyl groups is 1. The molecule has 0 spiro atoms. The van der Waals surface area contributed by atoms with E-state index in [4.69, 9.17) is 27.9 Å². The lowest BCUT2D eigenvalue weighted by atomic mass is 9.92. The molecule has 1 aliphatic heterocycles. The van der Waals surface area contributed by atoms with Gasteiger partial charge in [-0.1, -0.05) is 61.3 Å². The van der Waals surface area contributed by atoms with Gasteiger partial charge in [0.1, 0.15) is 6.10 Å². The van der Waals surface area contributed by atoms with E-state index in [1.807, 2.05) is 48.5 Å². The van der Waals surface area contributed by atoms with Crippen molar-refractivity contribution in [2.75, 3.05) is 26.2 Å². The van der Waals surface area contributed by atoms with Crippen LogP contribution < -0.4 is 0 Å². The number of rotatable bonds is 7. The molecule has 0 aromatic heterocycles. The number of halogens is 2. The second kappa shape index (κ2) is 10.1. The van der Waals surface area contributed by atoms with Gasteiger partial charge in [-0.05, 0) is 53.6 Å². The Morgan fingerprint density at radius 1 is 0.929 bits per heavy atom. The van der Waals surface area contributed by atoms with Gasteiger partial charge in [-0.3, -0.25) is 0 Å². The van der Waals surface area contributed by atoms with E-state index in [9.17, 15) is 5.11 Å². The fourth-order valence-corrected chi connectivity index (χ4v) is 4.41. The number of hydrogen-bond donors (Lipinski definition) is 1. The van der Waals surface area contributed by atoms with Crippen LogP contribution in [0.25, 0.3) is 0 Å². The summed E-state index contributed by atoms with van der Waals surface area (Å²) in [4.78, 5) is 2.35. The zero-order valence-corrected chi connectivity index (χ0v) is 18.0. The Morgan fingerprint density at radius 2 is 1.39 bits per heavy atom. The fraction of sp³-hybridized carbons (Fsp3) is 0.478. The highest BCUT2D eigenvalue weighted by Gasteiger charge is 2.24. The summed E-state index contributed by atoms with van der Waals surface area (Å²) in [5.74, 6) is 1.35. The molecule has 28 heavy (non-hydrogen) atoms. The first-order valence-corrected chi connectivity index (χ1v) is 10.7. The van der Waals surface area contributed by atoms with Crippen LogP contribution in [0.2, 0.25) is 10.0 Å².